The monoisotopic (exact) mass is 311 g/mol. The summed E-state index contributed by atoms with van der Waals surface area (Å²) in [5.74, 6) is -0.160. The Hall–Kier alpha value is -1.43. The average Bonchev–Trinajstić information content (AvgIpc) is 2.88. The van der Waals surface area contributed by atoms with Gasteiger partial charge in [0.2, 0.25) is 0 Å². The van der Waals surface area contributed by atoms with Crippen molar-refractivity contribution in [2.75, 3.05) is 0 Å². The highest BCUT2D eigenvalue weighted by molar-refractivity contribution is 7.09. The van der Waals surface area contributed by atoms with Gasteiger partial charge in [-0.3, -0.25) is 4.79 Å². The number of thiazole rings is 1. The van der Waals surface area contributed by atoms with E-state index >= 15 is 0 Å². The minimum Gasteiger partial charge on any atom is -0.344 e. The molecule has 3 N–H and O–H groups in total. The Morgan fingerprint density at radius 2 is 2.15 bits per heavy atom. The molecule has 0 saturated heterocycles. The van der Waals surface area contributed by atoms with Gasteiger partial charge in [0.25, 0.3) is 5.91 Å². The Kier molecular flexibility index (Phi) is 6.13. The smallest absolute Gasteiger partial charge is 0.271 e. The summed E-state index contributed by atoms with van der Waals surface area (Å²) in [5.41, 5.74) is 8.21. The van der Waals surface area contributed by atoms with E-state index < -0.39 is 0 Å². The van der Waals surface area contributed by atoms with Crippen molar-refractivity contribution >= 4 is 29.7 Å². The molecule has 2 rings (SSSR count). The molecule has 0 aliphatic carbocycles. The first kappa shape index (κ1) is 16.6. The van der Waals surface area contributed by atoms with Crippen molar-refractivity contribution < 1.29 is 4.79 Å². The van der Waals surface area contributed by atoms with E-state index in [2.05, 4.69) is 10.3 Å². The largest absolute Gasteiger partial charge is 0.344 e. The van der Waals surface area contributed by atoms with Crippen molar-refractivity contribution in [3.05, 3.63) is 51.5 Å². The number of hydrogen-bond acceptors (Lipinski definition) is 4. The summed E-state index contributed by atoms with van der Waals surface area (Å²) in [4.78, 5) is 16.2. The first-order valence-electron chi connectivity index (χ1n) is 6.12. The maximum atomic E-state index is 12.1. The van der Waals surface area contributed by atoms with Gasteiger partial charge in [-0.1, -0.05) is 24.3 Å². The van der Waals surface area contributed by atoms with Crippen LogP contribution in [-0.4, -0.2) is 10.9 Å². The molecule has 0 radical (unpaired) electrons. The van der Waals surface area contributed by atoms with E-state index in [0.717, 1.165) is 16.1 Å². The predicted octanol–water partition coefficient (Wildman–Crippen LogP) is 2.82. The summed E-state index contributed by atoms with van der Waals surface area (Å²) in [6.45, 7) is 4.37. The third-order valence-corrected chi connectivity index (χ3v) is 3.83. The van der Waals surface area contributed by atoms with Gasteiger partial charge in [-0.2, -0.15) is 0 Å². The van der Waals surface area contributed by atoms with Crippen LogP contribution in [0.4, 0.5) is 0 Å². The van der Waals surface area contributed by atoms with Crippen LogP contribution in [0.3, 0.4) is 0 Å². The van der Waals surface area contributed by atoms with Gasteiger partial charge >= 0.3 is 0 Å². The van der Waals surface area contributed by atoms with Crippen LogP contribution in [0.2, 0.25) is 0 Å². The summed E-state index contributed by atoms with van der Waals surface area (Å²) >= 11 is 1.41. The first-order chi connectivity index (χ1) is 9.11. The van der Waals surface area contributed by atoms with E-state index in [9.17, 15) is 4.79 Å². The topological polar surface area (TPSA) is 68.0 Å². The first-order valence-corrected chi connectivity index (χ1v) is 7.00. The number of amides is 1. The minimum atomic E-state index is -0.160. The number of halogens is 1. The summed E-state index contributed by atoms with van der Waals surface area (Å²) in [5, 5.41) is 5.47. The number of aryl methyl sites for hydroxylation is 1. The van der Waals surface area contributed by atoms with Crippen molar-refractivity contribution in [1.29, 1.82) is 0 Å². The second-order valence-corrected chi connectivity index (χ2v) is 5.33. The van der Waals surface area contributed by atoms with Crippen LogP contribution in [0.1, 0.15) is 39.6 Å². The van der Waals surface area contributed by atoms with Crippen LogP contribution in [0.15, 0.2) is 29.6 Å². The Morgan fingerprint density at radius 3 is 2.75 bits per heavy atom. The predicted molar refractivity (Wildman–Crippen MR) is 84.3 cm³/mol. The quantitative estimate of drug-likeness (QED) is 0.912. The average molecular weight is 312 g/mol. The molecular formula is C14H18ClN3OS. The van der Waals surface area contributed by atoms with E-state index in [0.29, 0.717) is 12.2 Å². The molecule has 0 fully saturated rings. The van der Waals surface area contributed by atoms with Gasteiger partial charge < -0.3 is 11.1 Å². The van der Waals surface area contributed by atoms with Crippen molar-refractivity contribution in [3.63, 3.8) is 0 Å². The van der Waals surface area contributed by atoms with Gasteiger partial charge in [0.05, 0.1) is 6.04 Å². The van der Waals surface area contributed by atoms with Crippen LogP contribution in [-0.2, 0) is 6.54 Å². The highest BCUT2D eigenvalue weighted by atomic mass is 35.5. The zero-order valence-electron chi connectivity index (χ0n) is 11.4. The molecular weight excluding hydrogens is 294 g/mol. The molecule has 1 atom stereocenters. The minimum absolute atomic E-state index is 0. The zero-order chi connectivity index (χ0) is 13.8. The lowest BCUT2D eigenvalue weighted by Crippen LogP contribution is -2.27. The maximum Gasteiger partial charge on any atom is 0.271 e. The number of aromatic nitrogens is 1. The number of carbonyl (C=O) groups is 1. The normalized spacial score (nSPS) is 11.6. The Balaban J connectivity index is 0.00000200. The van der Waals surface area contributed by atoms with Crippen LogP contribution < -0.4 is 11.1 Å². The number of nitrogens with zero attached hydrogens (tertiary/aromatic N) is 1. The third kappa shape index (κ3) is 3.79. The Bertz CT molecular complexity index is 585. The Labute approximate surface area is 128 Å². The number of hydrogen-bond donors (Lipinski definition) is 2. The third-order valence-electron chi connectivity index (χ3n) is 2.96. The molecule has 20 heavy (non-hydrogen) atoms. The van der Waals surface area contributed by atoms with Crippen LogP contribution >= 0.6 is 23.7 Å². The molecule has 1 heterocycles. The highest BCUT2D eigenvalue weighted by Gasteiger charge is 2.15. The van der Waals surface area contributed by atoms with Crippen LogP contribution in [0, 0.1) is 6.92 Å². The molecule has 1 aromatic carbocycles. The zero-order valence-corrected chi connectivity index (χ0v) is 13.1. The number of carbonyl (C=O) groups excluding carboxylic acids is 1. The fourth-order valence-corrected chi connectivity index (χ4v) is 2.58. The molecule has 0 aliphatic rings. The maximum absolute atomic E-state index is 12.1. The lowest BCUT2D eigenvalue weighted by molar-refractivity contribution is 0.0935. The molecule has 4 nitrogen and oxygen atoms in total. The number of nitrogens with two attached hydrogens (primary N) is 1. The van der Waals surface area contributed by atoms with E-state index in [1.165, 1.54) is 11.3 Å². The van der Waals surface area contributed by atoms with E-state index in [1.54, 1.807) is 5.38 Å². The molecule has 1 amide bonds. The van der Waals surface area contributed by atoms with Gasteiger partial charge in [-0.05, 0) is 25.0 Å². The lowest BCUT2D eigenvalue weighted by Gasteiger charge is -2.15. The van der Waals surface area contributed by atoms with Crippen LogP contribution in [0.5, 0.6) is 0 Å². The number of nitrogens with one attached hydrogen (secondary N) is 1. The summed E-state index contributed by atoms with van der Waals surface area (Å²) in [6, 6.07) is 7.97. The number of benzene rings is 1. The van der Waals surface area contributed by atoms with Crippen molar-refractivity contribution in [3.8, 4) is 0 Å². The molecule has 0 aliphatic heterocycles. The van der Waals surface area contributed by atoms with Crippen molar-refractivity contribution in [2.45, 2.75) is 26.4 Å². The highest BCUT2D eigenvalue weighted by Crippen LogP contribution is 2.17. The van der Waals surface area contributed by atoms with Gasteiger partial charge in [0, 0.05) is 11.9 Å². The molecule has 2 aromatic rings. The molecule has 0 bridgehead atoms. The van der Waals surface area contributed by atoms with E-state index in [4.69, 9.17) is 5.73 Å². The molecule has 108 valence electrons. The van der Waals surface area contributed by atoms with Crippen molar-refractivity contribution in [1.82, 2.24) is 10.3 Å². The molecule has 0 spiro atoms. The fourth-order valence-electron chi connectivity index (χ4n) is 1.93. The molecule has 1 aromatic heterocycles. The lowest BCUT2D eigenvalue weighted by atomic mass is 10.0. The summed E-state index contributed by atoms with van der Waals surface area (Å²) in [7, 11) is 0. The van der Waals surface area contributed by atoms with Crippen molar-refractivity contribution in [2.24, 2.45) is 5.73 Å². The van der Waals surface area contributed by atoms with E-state index in [-0.39, 0.29) is 24.4 Å². The van der Waals surface area contributed by atoms with Crippen LogP contribution in [0.25, 0.3) is 0 Å². The standard InChI is InChI=1S/C14H17N3OS.ClH/c1-9-5-3-4-6-11(9)10(2)16-14(18)12-8-19-13(7-15)17-12;/h3-6,8,10H,7,15H2,1-2H3,(H,16,18);1H. The number of rotatable bonds is 4. The second kappa shape index (κ2) is 7.38. The van der Waals surface area contributed by atoms with E-state index in [1.807, 2.05) is 38.1 Å². The second-order valence-electron chi connectivity index (χ2n) is 4.38. The summed E-state index contributed by atoms with van der Waals surface area (Å²) < 4.78 is 0. The SMILES string of the molecule is Cc1ccccc1C(C)NC(=O)c1csc(CN)n1.Cl. The Morgan fingerprint density at radius 1 is 1.45 bits per heavy atom. The summed E-state index contributed by atoms with van der Waals surface area (Å²) in [6.07, 6.45) is 0. The molecule has 1 unspecified atom stereocenters. The van der Waals surface area contributed by atoms with Gasteiger partial charge in [0.15, 0.2) is 0 Å². The van der Waals surface area contributed by atoms with Gasteiger partial charge in [-0.25, -0.2) is 4.98 Å². The fraction of sp³-hybridized carbons (Fsp3) is 0.286. The van der Waals surface area contributed by atoms with Gasteiger partial charge in [0.1, 0.15) is 10.7 Å². The van der Waals surface area contributed by atoms with Gasteiger partial charge in [-0.15, -0.1) is 23.7 Å². The molecule has 0 saturated carbocycles. The molecule has 6 heteroatoms.